The molecule has 1 rings (SSSR count). The lowest BCUT2D eigenvalue weighted by atomic mass is 10.4. The van der Waals surface area contributed by atoms with E-state index in [1.54, 1.807) is 37.4 Å². The van der Waals surface area contributed by atoms with Gasteiger partial charge in [-0.2, -0.15) is 0 Å². The third-order valence-electron chi connectivity index (χ3n) is 3.26. The molecular formula is C17H30IN3O4S. The van der Waals surface area contributed by atoms with Crippen LogP contribution < -0.4 is 10.6 Å². The molecule has 0 heterocycles. The van der Waals surface area contributed by atoms with Gasteiger partial charge < -0.3 is 20.1 Å². The zero-order valence-electron chi connectivity index (χ0n) is 15.4. The minimum Gasteiger partial charge on any atom is -0.382 e. The third-order valence-corrected chi connectivity index (χ3v) is 4.99. The molecule has 0 aliphatic carbocycles. The number of guanidine groups is 1. The zero-order valence-corrected chi connectivity index (χ0v) is 18.6. The molecule has 7 nitrogen and oxygen atoms in total. The third kappa shape index (κ3) is 10.9. The molecule has 0 spiro atoms. The van der Waals surface area contributed by atoms with Gasteiger partial charge in [-0.15, -0.1) is 24.0 Å². The summed E-state index contributed by atoms with van der Waals surface area (Å²) in [5, 5.41) is 6.16. The Kier molecular flexibility index (Phi) is 14.6. The van der Waals surface area contributed by atoms with Gasteiger partial charge in [-0.25, -0.2) is 8.42 Å². The lowest BCUT2D eigenvalue weighted by Gasteiger charge is -2.11. The van der Waals surface area contributed by atoms with Crippen LogP contribution in [0.3, 0.4) is 0 Å². The SMILES string of the molecule is CCNC(=NCCCOCCOC)NCCS(=O)(=O)c1ccccc1.I. The molecule has 2 N–H and O–H groups in total. The molecule has 0 bridgehead atoms. The summed E-state index contributed by atoms with van der Waals surface area (Å²) in [4.78, 5) is 4.75. The number of nitrogens with zero attached hydrogens (tertiary/aromatic N) is 1. The van der Waals surface area contributed by atoms with E-state index >= 15 is 0 Å². The second-order valence-corrected chi connectivity index (χ2v) is 7.39. The molecule has 1 aromatic rings. The van der Waals surface area contributed by atoms with Crippen molar-refractivity contribution in [2.75, 3.05) is 52.3 Å². The zero-order chi connectivity index (χ0) is 18.4. The lowest BCUT2D eigenvalue weighted by Crippen LogP contribution is -2.39. The van der Waals surface area contributed by atoms with Gasteiger partial charge in [0.15, 0.2) is 15.8 Å². The normalized spacial score (nSPS) is 11.7. The van der Waals surface area contributed by atoms with Gasteiger partial charge in [-0.3, -0.25) is 4.99 Å². The molecule has 150 valence electrons. The van der Waals surface area contributed by atoms with Crippen molar-refractivity contribution in [2.24, 2.45) is 4.99 Å². The summed E-state index contributed by atoms with van der Waals surface area (Å²) < 4.78 is 34.7. The standard InChI is InChI=1S/C17H29N3O4S.HI/c1-3-18-17(19-10-7-12-24-14-13-23-2)20-11-15-25(21,22)16-8-5-4-6-9-16;/h4-6,8-9H,3,7,10-15H2,1-2H3,(H2,18,19,20);1H. The van der Waals surface area contributed by atoms with Crippen LogP contribution in [0.15, 0.2) is 40.2 Å². The Morgan fingerprint density at radius 1 is 1.12 bits per heavy atom. The van der Waals surface area contributed by atoms with E-state index in [9.17, 15) is 8.42 Å². The summed E-state index contributed by atoms with van der Waals surface area (Å²) in [6, 6.07) is 8.46. The highest BCUT2D eigenvalue weighted by Gasteiger charge is 2.13. The van der Waals surface area contributed by atoms with Gasteiger partial charge in [0, 0.05) is 33.4 Å². The van der Waals surface area contributed by atoms with E-state index in [4.69, 9.17) is 9.47 Å². The van der Waals surface area contributed by atoms with E-state index in [0.717, 1.165) is 6.42 Å². The van der Waals surface area contributed by atoms with Crippen LogP contribution in [0.25, 0.3) is 0 Å². The first-order chi connectivity index (χ1) is 12.1. The Morgan fingerprint density at radius 3 is 2.50 bits per heavy atom. The molecule has 0 saturated carbocycles. The van der Waals surface area contributed by atoms with Gasteiger partial charge in [0.1, 0.15) is 0 Å². The van der Waals surface area contributed by atoms with Crippen LogP contribution in [0.1, 0.15) is 13.3 Å². The van der Waals surface area contributed by atoms with Crippen LogP contribution in [-0.4, -0.2) is 66.7 Å². The van der Waals surface area contributed by atoms with Crippen LogP contribution in [0.5, 0.6) is 0 Å². The van der Waals surface area contributed by atoms with Crippen LogP contribution in [-0.2, 0) is 19.3 Å². The largest absolute Gasteiger partial charge is 0.382 e. The number of halogens is 1. The number of hydrogen-bond acceptors (Lipinski definition) is 5. The molecule has 0 amide bonds. The molecular weight excluding hydrogens is 469 g/mol. The topological polar surface area (TPSA) is 89.0 Å². The van der Waals surface area contributed by atoms with Crippen molar-refractivity contribution in [1.29, 1.82) is 0 Å². The quantitative estimate of drug-likeness (QED) is 0.197. The maximum atomic E-state index is 12.2. The Bertz CT molecular complexity index is 597. The number of aliphatic imine (C=N–C) groups is 1. The van der Waals surface area contributed by atoms with E-state index in [1.165, 1.54) is 0 Å². The Labute approximate surface area is 173 Å². The highest BCUT2D eigenvalue weighted by atomic mass is 127. The van der Waals surface area contributed by atoms with Crippen LogP contribution in [0, 0.1) is 0 Å². The van der Waals surface area contributed by atoms with Crippen LogP contribution in [0.4, 0.5) is 0 Å². The second-order valence-electron chi connectivity index (χ2n) is 5.28. The number of hydrogen-bond donors (Lipinski definition) is 2. The maximum absolute atomic E-state index is 12.2. The molecule has 0 saturated heterocycles. The Balaban J connectivity index is 0.00000625. The van der Waals surface area contributed by atoms with E-state index in [-0.39, 0.29) is 29.7 Å². The minimum atomic E-state index is -3.29. The van der Waals surface area contributed by atoms with Gasteiger partial charge in [0.2, 0.25) is 0 Å². The van der Waals surface area contributed by atoms with Crippen molar-refractivity contribution in [1.82, 2.24) is 10.6 Å². The van der Waals surface area contributed by atoms with Crippen molar-refractivity contribution < 1.29 is 17.9 Å². The van der Waals surface area contributed by atoms with Crippen molar-refractivity contribution in [3.05, 3.63) is 30.3 Å². The lowest BCUT2D eigenvalue weighted by molar-refractivity contribution is 0.0702. The van der Waals surface area contributed by atoms with Gasteiger partial charge >= 0.3 is 0 Å². The summed E-state index contributed by atoms with van der Waals surface area (Å²) in [7, 11) is -1.65. The summed E-state index contributed by atoms with van der Waals surface area (Å²) in [6.07, 6.45) is 0.794. The van der Waals surface area contributed by atoms with Gasteiger partial charge in [-0.1, -0.05) is 18.2 Å². The first-order valence-electron chi connectivity index (χ1n) is 8.47. The van der Waals surface area contributed by atoms with E-state index in [1.807, 2.05) is 6.92 Å². The van der Waals surface area contributed by atoms with E-state index < -0.39 is 9.84 Å². The number of methoxy groups -OCH3 is 1. The predicted molar refractivity (Wildman–Crippen MR) is 115 cm³/mol. The Morgan fingerprint density at radius 2 is 1.85 bits per heavy atom. The molecule has 0 unspecified atom stereocenters. The van der Waals surface area contributed by atoms with Crippen molar-refractivity contribution in [2.45, 2.75) is 18.2 Å². The highest BCUT2D eigenvalue weighted by Crippen LogP contribution is 2.09. The molecule has 0 atom stereocenters. The summed E-state index contributed by atoms with van der Waals surface area (Å²) in [5.74, 6) is 0.629. The number of sulfone groups is 1. The molecule has 1 aromatic carbocycles. The van der Waals surface area contributed by atoms with Crippen LogP contribution >= 0.6 is 24.0 Å². The predicted octanol–water partition coefficient (Wildman–Crippen LogP) is 1.69. The summed E-state index contributed by atoms with van der Waals surface area (Å²) >= 11 is 0. The molecule has 0 radical (unpaired) electrons. The maximum Gasteiger partial charge on any atom is 0.191 e. The fourth-order valence-electron chi connectivity index (χ4n) is 1.99. The number of nitrogens with one attached hydrogen (secondary N) is 2. The molecule has 0 aromatic heterocycles. The highest BCUT2D eigenvalue weighted by molar-refractivity contribution is 14.0. The first kappa shape index (κ1) is 25.1. The number of benzene rings is 1. The van der Waals surface area contributed by atoms with Crippen molar-refractivity contribution in [3.8, 4) is 0 Å². The van der Waals surface area contributed by atoms with Gasteiger partial charge in [0.05, 0.1) is 23.9 Å². The average Bonchev–Trinajstić information content (AvgIpc) is 2.61. The van der Waals surface area contributed by atoms with Crippen molar-refractivity contribution in [3.63, 3.8) is 0 Å². The fraction of sp³-hybridized carbons (Fsp3) is 0.588. The summed E-state index contributed by atoms with van der Waals surface area (Å²) in [5.41, 5.74) is 0. The Hall–Kier alpha value is -0.910. The van der Waals surface area contributed by atoms with E-state index in [0.29, 0.717) is 50.3 Å². The molecule has 0 aliphatic heterocycles. The molecule has 26 heavy (non-hydrogen) atoms. The van der Waals surface area contributed by atoms with Crippen molar-refractivity contribution >= 4 is 39.8 Å². The smallest absolute Gasteiger partial charge is 0.191 e. The average molecular weight is 499 g/mol. The monoisotopic (exact) mass is 499 g/mol. The minimum absolute atomic E-state index is 0. The number of rotatable bonds is 12. The van der Waals surface area contributed by atoms with E-state index in [2.05, 4.69) is 15.6 Å². The van der Waals surface area contributed by atoms with Gasteiger partial charge in [0.25, 0.3) is 0 Å². The first-order valence-corrected chi connectivity index (χ1v) is 10.1. The number of ether oxygens (including phenoxy) is 2. The molecule has 0 fully saturated rings. The summed E-state index contributed by atoms with van der Waals surface area (Å²) in [6.45, 7) is 5.36. The molecule has 0 aliphatic rings. The molecule has 9 heteroatoms. The second kappa shape index (κ2) is 15.2. The van der Waals surface area contributed by atoms with Crippen LogP contribution in [0.2, 0.25) is 0 Å². The van der Waals surface area contributed by atoms with Gasteiger partial charge in [-0.05, 0) is 25.5 Å². The fourth-order valence-corrected chi connectivity index (χ4v) is 3.17.